The Bertz CT molecular complexity index is 335. The van der Waals surface area contributed by atoms with E-state index >= 15 is 0 Å². The van der Waals surface area contributed by atoms with Crippen molar-refractivity contribution in [3.8, 4) is 0 Å². The number of rotatable bonds is 2. The minimum atomic E-state index is -0.0650. The van der Waals surface area contributed by atoms with E-state index in [0.717, 1.165) is 24.0 Å². The van der Waals surface area contributed by atoms with Gasteiger partial charge in [0.2, 0.25) is 0 Å². The summed E-state index contributed by atoms with van der Waals surface area (Å²) in [6.45, 7) is 0.419. The first-order chi connectivity index (χ1) is 7.31. The maximum absolute atomic E-state index is 13.8. The summed E-state index contributed by atoms with van der Waals surface area (Å²) >= 11 is 0. The van der Waals surface area contributed by atoms with Crippen molar-refractivity contribution < 1.29 is 4.39 Å². The van der Waals surface area contributed by atoms with Crippen LogP contribution in [0.5, 0.6) is 0 Å². The van der Waals surface area contributed by atoms with Gasteiger partial charge in [-0.1, -0.05) is 31.4 Å². The van der Waals surface area contributed by atoms with E-state index < -0.39 is 0 Å². The SMILES string of the molecule is Cl.NCc1ccc(C2CCCCC2)c(F)c1. The van der Waals surface area contributed by atoms with Crippen molar-refractivity contribution in [1.82, 2.24) is 0 Å². The van der Waals surface area contributed by atoms with Gasteiger partial charge < -0.3 is 5.73 Å². The molecule has 0 bridgehead atoms. The van der Waals surface area contributed by atoms with E-state index in [2.05, 4.69) is 0 Å². The van der Waals surface area contributed by atoms with E-state index in [1.807, 2.05) is 12.1 Å². The van der Waals surface area contributed by atoms with Crippen molar-refractivity contribution in [1.29, 1.82) is 0 Å². The second kappa shape index (κ2) is 6.21. The van der Waals surface area contributed by atoms with Crippen LogP contribution in [0.25, 0.3) is 0 Å². The van der Waals surface area contributed by atoms with Gasteiger partial charge in [-0.15, -0.1) is 12.4 Å². The van der Waals surface area contributed by atoms with E-state index in [1.165, 1.54) is 19.3 Å². The zero-order chi connectivity index (χ0) is 10.7. The summed E-state index contributed by atoms with van der Waals surface area (Å²) in [5.41, 5.74) is 7.26. The van der Waals surface area contributed by atoms with Gasteiger partial charge in [0.05, 0.1) is 0 Å². The number of hydrogen-bond donors (Lipinski definition) is 1. The molecular weight excluding hydrogens is 225 g/mol. The van der Waals surface area contributed by atoms with Gasteiger partial charge in [0.25, 0.3) is 0 Å². The largest absolute Gasteiger partial charge is 0.326 e. The van der Waals surface area contributed by atoms with Gasteiger partial charge in [0.1, 0.15) is 5.82 Å². The molecule has 2 N–H and O–H groups in total. The predicted molar refractivity (Wildman–Crippen MR) is 67.4 cm³/mol. The van der Waals surface area contributed by atoms with Crippen molar-refractivity contribution in [3.63, 3.8) is 0 Å². The average Bonchev–Trinajstić information content (AvgIpc) is 2.30. The molecule has 1 aromatic rings. The van der Waals surface area contributed by atoms with E-state index in [1.54, 1.807) is 6.07 Å². The van der Waals surface area contributed by atoms with Gasteiger partial charge in [0.15, 0.2) is 0 Å². The Hall–Kier alpha value is -0.600. The number of halogens is 2. The van der Waals surface area contributed by atoms with Crippen LogP contribution >= 0.6 is 12.4 Å². The van der Waals surface area contributed by atoms with Gasteiger partial charge in [-0.05, 0) is 36.0 Å². The highest BCUT2D eigenvalue weighted by Gasteiger charge is 2.18. The van der Waals surface area contributed by atoms with Crippen LogP contribution in [0.4, 0.5) is 4.39 Å². The molecule has 1 aromatic carbocycles. The molecule has 90 valence electrons. The molecule has 16 heavy (non-hydrogen) atoms. The summed E-state index contributed by atoms with van der Waals surface area (Å²) in [7, 11) is 0. The summed E-state index contributed by atoms with van der Waals surface area (Å²) in [5, 5.41) is 0. The van der Waals surface area contributed by atoms with E-state index in [9.17, 15) is 4.39 Å². The van der Waals surface area contributed by atoms with Crippen molar-refractivity contribution in [2.24, 2.45) is 5.73 Å². The summed E-state index contributed by atoms with van der Waals surface area (Å²) in [6.07, 6.45) is 6.06. The monoisotopic (exact) mass is 243 g/mol. The molecule has 0 radical (unpaired) electrons. The topological polar surface area (TPSA) is 26.0 Å². The number of hydrogen-bond acceptors (Lipinski definition) is 1. The van der Waals surface area contributed by atoms with Gasteiger partial charge >= 0.3 is 0 Å². The first-order valence-corrected chi connectivity index (χ1v) is 5.79. The molecule has 2 rings (SSSR count). The third kappa shape index (κ3) is 2.96. The number of benzene rings is 1. The van der Waals surface area contributed by atoms with Crippen LogP contribution in [0.2, 0.25) is 0 Å². The van der Waals surface area contributed by atoms with Crippen molar-refractivity contribution in [2.45, 2.75) is 44.6 Å². The van der Waals surface area contributed by atoms with Crippen molar-refractivity contribution >= 4 is 12.4 Å². The second-order valence-corrected chi connectivity index (χ2v) is 4.39. The van der Waals surface area contributed by atoms with Crippen molar-refractivity contribution in [2.75, 3.05) is 0 Å². The molecular formula is C13H19ClFN. The predicted octanol–water partition coefficient (Wildman–Crippen LogP) is 3.75. The normalized spacial score (nSPS) is 16.9. The molecule has 3 heteroatoms. The van der Waals surface area contributed by atoms with Crippen LogP contribution < -0.4 is 5.73 Å². The van der Waals surface area contributed by atoms with E-state index in [0.29, 0.717) is 12.5 Å². The maximum Gasteiger partial charge on any atom is 0.126 e. The van der Waals surface area contributed by atoms with Crippen LogP contribution in [0, 0.1) is 5.82 Å². The Morgan fingerprint density at radius 2 is 1.88 bits per heavy atom. The maximum atomic E-state index is 13.8. The molecule has 1 fully saturated rings. The van der Waals surface area contributed by atoms with E-state index in [4.69, 9.17) is 5.73 Å². The first-order valence-electron chi connectivity index (χ1n) is 5.79. The molecule has 1 saturated carbocycles. The highest BCUT2D eigenvalue weighted by Crippen LogP contribution is 2.34. The standard InChI is InChI=1S/C13H18FN.ClH/c14-13-8-10(9-15)6-7-12(13)11-4-2-1-3-5-11;/h6-8,11H,1-5,9,15H2;1H. The lowest BCUT2D eigenvalue weighted by atomic mass is 9.83. The van der Waals surface area contributed by atoms with Gasteiger partial charge in [-0.3, -0.25) is 0 Å². The van der Waals surface area contributed by atoms with Crippen LogP contribution in [0.1, 0.15) is 49.1 Å². The fourth-order valence-corrected chi connectivity index (χ4v) is 2.44. The molecule has 1 aliphatic rings. The zero-order valence-electron chi connectivity index (χ0n) is 9.42. The third-order valence-corrected chi connectivity index (χ3v) is 3.35. The van der Waals surface area contributed by atoms with Crippen molar-refractivity contribution in [3.05, 3.63) is 35.1 Å². The molecule has 1 aliphatic carbocycles. The molecule has 0 unspecified atom stereocenters. The fourth-order valence-electron chi connectivity index (χ4n) is 2.44. The Balaban J connectivity index is 0.00000128. The molecule has 0 heterocycles. The molecule has 0 aromatic heterocycles. The van der Waals surface area contributed by atoms with Gasteiger partial charge in [-0.25, -0.2) is 4.39 Å². The minimum Gasteiger partial charge on any atom is -0.326 e. The summed E-state index contributed by atoms with van der Waals surface area (Å²) in [5.74, 6) is 0.371. The lowest BCUT2D eigenvalue weighted by Gasteiger charge is -2.22. The minimum absolute atomic E-state index is 0. The first kappa shape index (κ1) is 13.5. The molecule has 0 saturated heterocycles. The lowest BCUT2D eigenvalue weighted by Crippen LogP contribution is -2.07. The van der Waals surface area contributed by atoms with Gasteiger partial charge in [-0.2, -0.15) is 0 Å². The quantitative estimate of drug-likeness (QED) is 0.841. The molecule has 0 spiro atoms. The highest BCUT2D eigenvalue weighted by atomic mass is 35.5. The van der Waals surface area contributed by atoms with Crippen LogP contribution in [0.15, 0.2) is 18.2 Å². The van der Waals surface area contributed by atoms with Gasteiger partial charge in [0, 0.05) is 6.54 Å². The fraction of sp³-hybridized carbons (Fsp3) is 0.538. The lowest BCUT2D eigenvalue weighted by molar-refractivity contribution is 0.429. The van der Waals surface area contributed by atoms with Crippen LogP contribution in [-0.2, 0) is 6.54 Å². The summed E-state index contributed by atoms with van der Waals surface area (Å²) in [4.78, 5) is 0. The summed E-state index contributed by atoms with van der Waals surface area (Å²) < 4.78 is 13.8. The second-order valence-electron chi connectivity index (χ2n) is 4.39. The highest BCUT2D eigenvalue weighted by molar-refractivity contribution is 5.85. The molecule has 0 amide bonds. The van der Waals surface area contributed by atoms with E-state index in [-0.39, 0.29) is 18.2 Å². The average molecular weight is 244 g/mol. The molecule has 1 nitrogen and oxygen atoms in total. The number of nitrogens with two attached hydrogens (primary N) is 1. The summed E-state index contributed by atoms with van der Waals surface area (Å²) in [6, 6.07) is 5.46. The molecule has 0 aliphatic heterocycles. The smallest absolute Gasteiger partial charge is 0.126 e. The van der Waals surface area contributed by atoms with Crippen LogP contribution in [-0.4, -0.2) is 0 Å². The Kier molecular flexibility index (Phi) is 5.23. The third-order valence-electron chi connectivity index (χ3n) is 3.35. The zero-order valence-corrected chi connectivity index (χ0v) is 10.2. The Morgan fingerprint density at radius 1 is 1.19 bits per heavy atom. The Labute approximate surface area is 103 Å². The van der Waals surface area contributed by atoms with Crippen LogP contribution in [0.3, 0.4) is 0 Å². The molecule has 0 atom stereocenters. The Morgan fingerprint density at radius 3 is 2.44 bits per heavy atom.